The van der Waals surface area contributed by atoms with Crippen LogP contribution in [0, 0.1) is 5.41 Å². The molecule has 0 saturated carbocycles. The molecule has 1 rings (SSSR count). The first-order valence-electron chi connectivity index (χ1n) is 8.56. The molecule has 0 aliphatic heterocycles. The van der Waals surface area contributed by atoms with Gasteiger partial charge in [0.05, 0.1) is 12.0 Å². The Labute approximate surface area is 151 Å². The van der Waals surface area contributed by atoms with Crippen molar-refractivity contribution in [2.45, 2.75) is 47.6 Å². The van der Waals surface area contributed by atoms with Crippen molar-refractivity contribution in [1.82, 2.24) is 9.97 Å². The van der Waals surface area contributed by atoms with Gasteiger partial charge in [0.2, 0.25) is 0 Å². The highest BCUT2D eigenvalue weighted by Crippen LogP contribution is 2.14. The van der Waals surface area contributed by atoms with Crippen molar-refractivity contribution in [3.8, 4) is 0 Å². The van der Waals surface area contributed by atoms with Crippen LogP contribution in [0.15, 0.2) is 60.2 Å². The molecule has 25 heavy (non-hydrogen) atoms. The molecule has 5 heteroatoms. The molecular formula is C20H32N4O. The summed E-state index contributed by atoms with van der Waals surface area (Å²) in [5, 5.41) is 11.4. The standard InChI is InChI=1S/C16H20N4O.2C2H6/c1-5-7-9-12(8-6-2)14(17)13-15(20-11(3)4)18-10-19-16(13)21;2*1-2/h5-11,17H,1-2H2,3-4H3,(H2,18,19,20,21);2*1-2H3/b9-7-,12-8+,17-14?;;. The minimum Gasteiger partial charge on any atom is -0.367 e. The van der Waals surface area contributed by atoms with Gasteiger partial charge < -0.3 is 10.3 Å². The summed E-state index contributed by atoms with van der Waals surface area (Å²) in [5.41, 5.74) is 0.467. The minimum atomic E-state index is -0.361. The minimum absolute atomic E-state index is 0.0745. The van der Waals surface area contributed by atoms with Gasteiger partial charge in [0, 0.05) is 11.6 Å². The molecule has 0 aliphatic rings. The molecule has 1 aromatic rings. The van der Waals surface area contributed by atoms with Gasteiger partial charge in [-0.05, 0) is 13.8 Å². The quantitative estimate of drug-likeness (QED) is 0.488. The van der Waals surface area contributed by atoms with E-state index in [1.807, 2.05) is 41.5 Å². The smallest absolute Gasteiger partial charge is 0.262 e. The lowest BCUT2D eigenvalue weighted by Crippen LogP contribution is -2.24. The molecule has 0 aliphatic carbocycles. The molecule has 0 fully saturated rings. The van der Waals surface area contributed by atoms with E-state index in [4.69, 9.17) is 5.41 Å². The zero-order chi connectivity index (χ0) is 19.8. The van der Waals surface area contributed by atoms with Crippen molar-refractivity contribution in [1.29, 1.82) is 5.41 Å². The fourth-order valence-corrected chi connectivity index (χ4v) is 1.68. The van der Waals surface area contributed by atoms with Crippen LogP contribution in [0.2, 0.25) is 0 Å². The van der Waals surface area contributed by atoms with E-state index in [2.05, 4.69) is 28.4 Å². The largest absolute Gasteiger partial charge is 0.367 e. The van der Waals surface area contributed by atoms with Crippen molar-refractivity contribution < 1.29 is 0 Å². The Morgan fingerprint density at radius 3 is 2.32 bits per heavy atom. The zero-order valence-electron chi connectivity index (χ0n) is 16.3. The number of hydrogen-bond acceptors (Lipinski definition) is 4. The van der Waals surface area contributed by atoms with Gasteiger partial charge in [0.25, 0.3) is 5.56 Å². The van der Waals surface area contributed by atoms with Gasteiger partial charge in [-0.15, -0.1) is 0 Å². The van der Waals surface area contributed by atoms with Crippen molar-refractivity contribution in [2.75, 3.05) is 5.32 Å². The molecule has 0 radical (unpaired) electrons. The number of rotatable bonds is 7. The molecule has 5 nitrogen and oxygen atoms in total. The summed E-state index contributed by atoms with van der Waals surface area (Å²) in [6, 6.07) is 0.0985. The van der Waals surface area contributed by atoms with Crippen LogP contribution in [0.3, 0.4) is 0 Å². The van der Waals surface area contributed by atoms with E-state index >= 15 is 0 Å². The maximum atomic E-state index is 12.1. The second kappa shape index (κ2) is 14.9. The van der Waals surface area contributed by atoms with Gasteiger partial charge in [-0.1, -0.05) is 71.2 Å². The average molecular weight is 345 g/mol. The van der Waals surface area contributed by atoms with E-state index in [0.717, 1.165) is 0 Å². The Balaban J connectivity index is 0. The normalized spacial score (nSPS) is 10.3. The van der Waals surface area contributed by atoms with Crippen molar-refractivity contribution in [3.05, 3.63) is 71.4 Å². The number of aromatic nitrogens is 2. The monoisotopic (exact) mass is 344 g/mol. The third-order valence-electron chi connectivity index (χ3n) is 2.53. The highest BCUT2D eigenvalue weighted by molar-refractivity contribution is 6.14. The van der Waals surface area contributed by atoms with E-state index in [-0.39, 0.29) is 22.9 Å². The van der Waals surface area contributed by atoms with E-state index < -0.39 is 0 Å². The Kier molecular flexibility index (Phi) is 14.6. The number of hydrogen-bond donors (Lipinski definition) is 3. The number of H-pyrrole nitrogens is 1. The van der Waals surface area contributed by atoms with Crippen molar-refractivity contribution in [2.24, 2.45) is 0 Å². The first-order valence-corrected chi connectivity index (χ1v) is 8.56. The zero-order valence-corrected chi connectivity index (χ0v) is 16.3. The Morgan fingerprint density at radius 2 is 1.84 bits per heavy atom. The number of allylic oxidation sites excluding steroid dienone is 6. The maximum absolute atomic E-state index is 12.1. The lowest BCUT2D eigenvalue weighted by molar-refractivity contribution is 0.883. The second-order valence-corrected chi connectivity index (χ2v) is 4.58. The molecule has 3 N–H and O–H groups in total. The van der Waals surface area contributed by atoms with Crippen LogP contribution in [-0.2, 0) is 0 Å². The van der Waals surface area contributed by atoms with Crippen molar-refractivity contribution in [3.63, 3.8) is 0 Å². The van der Waals surface area contributed by atoms with Crippen LogP contribution in [-0.4, -0.2) is 21.7 Å². The molecule has 0 saturated heterocycles. The van der Waals surface area contributed by atoms with E-state index in [9.17, 15) is 4.79 Å². The first kappa shape index (κ1) is 24.6. The summed E-state index contributed by atoms with van der Waals surface area (Å²) in [5.74, 6) is 0.390. The van der Waals surface area contributed by atoms with E-state index in [1.165, 1.54) is 6.33 Å². The highest BCUT2D eigenvalue weighted by Gasteiger charge is 2.16. The van der Waals surface area contributed by atoms with Crippen LogP contribution in [0.4, 0.5) is 5.82 Å². The lowest BCUT2D eigenvalue weighted by atomic mass is 10.0. The van der Waals surface area contributed by atoms with E-state index in [1.54, 1.807) is 30.4 Å². The predicted molar refractivity (Wildman–Crippen MR) is 111 cm³/mol. The molecule has 0 spiro atoms. The van der Waals surface area contributed by atoms with Crippen LogP contribution in [0.1, 0.15) is 47.1 Å². The molecule has 1 heterocycles. The first-order chi connectivity index (χ1) is 12.0. The fourth-order valence-electron chi connectivity index (χ4n) is 1.68. The number of nitrogens with one attached hydrogen (secondary N) is 3. The molecule has 0 amide bonds. The summed E-state index contributed by atoms with van der Waals surface area (Å²) in [6.07, 6.45) is 9.54. The van der Waals surface area contributed by atoms with Crippen LogP contribution >= 0.6 is 0 Å². The Bertz CT molecular complexity index is 652. The van der Waals surface area contributed by atoms with Gasteiger partial charge in [0.15, 0.2) is 0 Å². The second-order valence-electron chi connectivity index (χ2n) is 4.58. The fraction of sp³-hybridized carbons (Fsp3) is 0.350. The van der Waals surface area contributed by atoms with Gasteiger partial charge >= 0.3 is 0 Å². The molecule has 138 valence electrons. The third kappa shape index (κ3) is 8.65. The van der Waals surface area contributed by atoms with Gasteiger partial charge in [-0.2, -0.15) is 0 Å². The molecule has 0 unspecified atom stereocenters. The summed E-state index contributed by atoms with van der Waals surface area (Å²) < 4.78 is 0. The molecule has 0 atom stereocenters. The molecule has 1 aromatic heterocycles. The van der Waals surface area contributed by atoms with Crippen molar-refractivity contribution >= 4 is 11.5 Å². The predicted octanol–water partition coefficient (Wildman–Crippen LogP) is 4.87. The Morgan fingerprint density at radius 1 is 1.24 bits per heavy atom. The third-order valence-corrected chi connectivity index (χ3v) is 2.53. The van der Waals surface area contributed by atoms with Crippen LogP contribution in [0.25, 0.3) is 0 Å². The Hall–Kier alpha value is -2.69. The summed E-state index contributed by atoms with van der Waals surface area (Å²) in [7, 11) is 0. The van der Waals surface area contributed by atoms with Gasteiger partial charge in [0.1, 0.15) is 11.4 Å². The maximum Gasteiger partial charge on any atom is 0.262 e. The topological polar surface area (TPSA) is 81.6 Å². The average Bonchev–Trinajstić information content (AvgIpc) is 2.61. The summed E-state index contributed by atoms with van der Waals surface area (Å²) in [6.45, 7) is 19.1. The number of anilines is 1. The lowest BCUT2D eigenvalue weighted by Gasteiger charge is -2.13. The number of nitrogens with zero attached hydrogens (tertiary/aromatic N) is 1. The summed E-state index contributed by atoms with van der Waals surface area (Å²) in [4.78, 5) is 18.7. The van der Waals surface area contributed by atoms with Gasteiger partial charge in [-0.25, -0.2) is 4.98 Å². The van der Waals surface area contributed by atoms with Crippen LogP contribution in [0.5, 0.6) is 0 Å². The molecular weight excluding hydrogens is 312 g/mol. The van der Waals surface area contributed by atoms with Crippen LogP contribution < -0.4 is 10.9 Å². The summed E-state index contributed by atoms with van der Waals surface area (Å²) >= 11 is 0. The highest BCUT2D eigenvalue weighted by atomic mass is 16.1. The van der Waals surface area contributed by atoms with E-state index in [0.29, 0.717) is 11.4 Å². The number of aromatic amines is 1. The van der Waals surface area contributed by atoms with Gasteiger partial charge in [-0.3, -0.25) is 10.2 Å². The molecule has 0 bridgehead atoms. The SMILES string of the molecule is C=C/C=C\C(=C/C=C)C(=N)c1c(NC(C)C)nc[nH]c1=O.CC.CC. The molecule has 0 aromatic carbocycles.